The summed E-state index contributed by atoms with van der Waals surface area (Å²) >= 11 is 1.44. The molecule has 7 heteroatoms. The van der Waals surface area contributed by atoms with Gasteiger partial charge < -0.3 is 15.5 Å². The highest BCUT2D eigenvalue weighted by Crippen LogP contribution is 2.11. The molecule has 1 aromatic heterocycles. The van der Waals surface area contributed by atoms with Crippen molar-refractivity contribution in [2.75, 3.05) is 12.9 Å². The van der Waals surface area contributed by atoms with Gasteiger partial charge in [0.15, 0.2) is 5.88 Å². The number of hydrogen-bond acceptors (Lipinski definition) is 5. The van der Waals surface area contributed by atoms with Crippen molar-refractivity contribution < 1.29 is 15.0 Å². The lowest BCUT2D eigenvalue weighted by molar-refractivity contribution is 0.0935. The number of aliphatic hydroxyl groups excluding tert-OH is 1. The van der Waals surface area contributed by atoms with E-state index in [-0.39, 0.29) is 29.3 Å². The first-order valence-electron chi connectivity index (χ1n) is 5.35. The molecular weight excluding hydrogens is 256 g/mol. The first-order valence-corrected chi connectivity index (χ1v) is 6.64. The Morgan fingerprint density at radius 1 is 1.56 bits per heavy atom. The highest BCUT2D eigenvalue weighted by Gasteiger charge is 2.18. The van der Waals surface area contributed by atoms with Crippen molar-refractivity contribution in [3.8, 4) is 5.88 Å². The number of rotatable bonds is 5. The van der Waals surface area contributed by atoms with Gasteiger partial charge in [0, 0.05) is 23.4 Å². The molecule has 6 nitrogen and oxygen atoms in total. The van der Waals surface area contributed by atoms with Gasteiger partial charge in [-0.15, -0.1) is 0 Å². The predicted octanol–water partition coefficient (Wildman–Crippen LogP) is -0.0773. The van der Waals surface area contributed by atoms with Gasteiger partial charge in [0.05, 0.1) is 12.2 Å². The van der Waals surface area contributed by atoms with Crippen LogP contribution in [-0.4, -0.2) is 45.3 Å². The van der Waals surface area contributed by atoms with Crippen molar-refractivity contribution in [3.63, 3.8) is 0 Å². The van der Waals surface area contributed by atoms with Crippen molar-refractivity contribution in [2.45, 2.75) is 18.2 Å². The lowest BCUT2D eigenvalue weighted by atomic mass is 10.2. The molecule has 1 rings (SSSR count). The molecule has 0 aliphatic heterocycles. The van der Waals surface area contributed by atoms with Gasteiger partial charge >= 0.3 is 0 Å². The molecule has 2 atom stereocenters. The van der Waals surface area contributed by atoms with Crippen LogP contribution >= 0.6 is 11.8 Å². The zero-order chi connectivity index (χ0) is 13.7. The number of hydrogen-bond donors (Lipinski definition) is 4. The summed E-state index contributed by atoms with van der Waals surface area (Å²) in [7, 11) is 0. The Morgan fingerprint density at radius 2 is 2.22 bits per heavy atom. The van der Waals surface area contributed by atoms with Crippen molar-refractivity contribution in [3.05, 3.63) is 28.0 Å². The Hall–Kier alpha value is -1.47. The Balaban J connectivity index is 2.79. The fourth-order valence-corrected chi connectivity index (χ4v) is 2.10. The fraction of sp³-hybridized carbons (Fsp3) is 0.455. The third-order valence-corrected chi connectivity index (χ3v) is 3.65. The molecule has 0 bridgehead atoms. The maximum atomic E-state index is 11.8. The number of carbonyl (C=O) groups excluding carboxylic acids is 1. The molecule has 0 saturated heterocycles. The zero-order valence-electron chi connectivity index (χ0n) is 10.1. The molecule has 0 spiro atoms. The number of aliphatic hydroxyl groups is 1. The maximum Gasteiger partial charge on any atom is 0.251 e. The minimum Gasteiger partial charge on any atom is -0.494 e. The monoisotopic (exact) mass is 272 g/mol. The fourth-order valence-electron chi connectivity index (χ4n) is 1.48. The molecule has 0 aliphatic carbocycles. The smallest absolute Gasteiger partial charge is 0.251 e. The van der Waals surface area contributed by atoms with E-state index in [1.54, 1.807) is 6.92 Å². The molecule has 0 aromatic carbocycles. The van der Waals surface area contributed by atoms with E-state index in [9.17, 15) is 14.7 Å². The van der Waals surface area contributed by atoms with Gasteiger partial charge in [-0.3, -0.25) is 14.6 Å². The van der Waals surface area contributed by atoms with Crippen molar-refractivity contribution in [2.24, 2.45) is 0 Å². The summed E-state index contributed by atoms with van der Waals surface area (Å²) in [4.78, 5) is 25.1. The van der Waals surface area contributed by atoms with Crippen molar-refractivity contribution in [1.82, 2.24) is 10.3 Å². The summed E-state index contributed by atoms with van der Waals surface area (Å²) in [5.74, 6) is -0.819. The van der Waals surface area contributed by atoms with Crippen LogP contribution in [0, 0.1) is 0 Å². The lowest BCUT2D eigenvalue weighted by Crippen LogP contribution is -2.41. The van der Waals surface area contributed by atoms with Gasteiger partial charge in [-0.25, -0.2) is 0 Å². The number of thioether (sulfide) groups is 1. The third-order valence-electron chi connectivity index (χ3n) is 2.49. The summed E-state index contributed by atoms with van der Waals surface area (Å²) in [6, 6.07) is 2.03. The van der Waals surface area contributed by atoms with Gasteiger partial charge in [-0.05, 0) is 13.2 Å². The number of aromatic nitrogens is 1. The number of pyridine rings is 1. The molecule has 100 valence electrons. The van der Waals surface area contributed by atoms with E-state index in [1.807, 2.05) is 6.26 Å². The second kappa shape index (κ2) is 6.46. The number of aromatic hydroxyl groups is 1. The Kier molecular flexibility index (Phi) is 5.24. The number of amides is 1. The first kappa shape index (κ1) is 14.6. The topological polar surface area (TPSA) is 102 Å². The number of H-pyrrole nitrogens is 1. The van der Waals surface area contributed by atoms with E-state index in [0.717, 1.165) is 6.07 Å². The van der Waals surface area contributed by atoms with Crippen LogP contribution in [0.4, 0.5) is 0 Å². The van der Waals surface area contributed by atoms with Gasteiger partial charge in [-0.1, -0.05) is 0 Å². The molecule has 0 aliphatic rings. The summed E-state index contributed by atoms with van der Waals surface area (Å²) < 4.78 is 0. The second-order valence-electron chi connectivity index (χ2n) is 3.84. The summed E-state index contributed by atoms with van der Waals surface area (Å²) in [5, 5.41) is 20.8. The van der Waals surface area contributed by atoms with Crippen LogP contribution < -0.4 is 10.9 Å². The van der Waals surface area contributed by atoms with Crippen LogP contribution in [0.3, 0.4) is 0 Å². The zero-order valence-corrected chi connectivity index (χ0v) is 11.0. The number of aromatic amines is 1. The Morgan fingerprint density at radius 3 is 2.72 bits per heavy atom. The second-order valence-corrected chi connectivity index (χ2v) is 4.91. The van der Waals surface area contributed by atoms with Crippen LogP contribution in [0.1, 0.15) is 17.3 Å². The Bertz CT molecular complexity index is 470. The number of carbonyl (C=O) groups is 1. The molecule has 0 saturated carbocycles. The molecule has 1 amide bonds. The summed E-state index contributed by atoms with van der Waals surface area (Å²) in [5.41, 5.74) is -0.461. The van der Waals surface area contributed by atoms with E-state index in [4.69, 9.17) is 5.11 Å². The van der Waals surface area contributed by atoms with Crippen LogP contribution in [0.15, 0.2) is 16.9 Å². The summed E-state index contributed by atoms with van der Waals surface area (Å²) in [6.07, 6.45) is 1.84. The molecule has 0 radical (unpaired) electrons. The van der Waals surface area contributed by atoms with Crippen molar-refractivity contribution >= 4 is 17.7 Å². The SMILES string of the molecule is CSC(CO)C(C)NC(=O)c1cc(O)[nH]c(=O)c1. The molecule has 1 heterocycles. The van der Waals surface area contributed by atoms with Gasteiger partial charge in [0.1, 0.15) is 0 Å². The van der Waals surface area contributed by atoms with E-state index in [2.05, 4.69) is 10.3 Å². The highest BCUT2D eigenvalue weighted by molar-refractivity contribution is 7.99. The van der Waals surface area contributed by atoms with Crippen molar-refractivity contribution in [1.29, 1.82) is 0 Å². The quantitative estimate of drug-likeness (QED) is 0.600. The highest BCUT2D eigenvalue weighted by atomic mass is 32.2. The number of nitrogens with one attached hydrogen (secondary N) is 2. The van der Waals surface area contributed by atoms with Crippen LogP contribution in [-0.2, 0) is 0 Å². The Labute approximate surface area is 108 Å². The van der Waals surface area contributed by atoms with E-state index >= 15 is 0 Å². The average Bonchev–Trinajstić information content (AvgIpc) is 2.29. The largest absolute Gasteiger partial charge is 0.494 e. The summed E-state index contributed by atoms with van der Waals surface area (Å²) in [6.45, 7) is 1.71. The van der Waals surface area contributed by atoms with Gasteiger partial charge in [0.25, 0.3) is 11.5 Å². The average molecular weight is 272 g/mol. The van der Waals surface area contributed by atoms with Crippen LogP contribution in [0.25, 0.3) is 0 Å². The predicted molar refractivity (Wildman–Crippen MR) is 70.0 cm³/mol. The normalized spacial score (nSPS) is 13.9. The molecule has 18 heavy (non-hydrogen) atoms. The van der Waals surface area contributed by atoms with Crippen LogP contribution in [0.2, 0.25) is 0 Å². The molecule has 0 fully saturated rings. The van der Waals surface area contributed by atoms with E-state index in [1.165, 1.54) is 17.8 Å². The first-order chi connectivity index (χ1) is 8.47. The molecule has 1 aromatic rings. The van der Waals surface area contributed by atoms with Crippen LogP contribution in [0.5, 0.6) is 5.88 Å². The standard InChI is InChI=1S/C11H16N2O4S/c1-6(8(5-14)18-2)12-11(17)7-3-9(15)13-10(16)4-7/h3-4,6,8,14H,5H2,1-2H3,(H,12,17)(H2,13,15,16). The minimum absolute atomic E-state index is 0.0523. The van der Waals surface area contributed by atoms with E-state index in [0.29, 0.717) is 0 Å². The lowest BCUT2D eigenvalue weighted by Gasteiger charge is -2.21. The molecule has 4 N–H and O–H groups in total. The van der Waals surface area contributed by atoms with E-state index < -0.39 is 11.5 Å². The van der Waals surface area contributed by atoms with Gasteiger partial charge in [0.2, 0.25) is 0 Å². The van der Waals surface area contributed by atoms with Gasteiger partial charge in [-0.2, -0.15) is 11.8 Å². The minimum atomic E-state index is -0.545. The molecular formula is C11H16N2O4S. The third kappa shape index (κ3) is 3.78. The molecule has 2 unspecified atom stereocenters. The maximum absolute atomic E-state index is 11.8.